The summed E-state index contributed by atoms with van der Waals surface area (Å²) in [5, 5.41) is 5.11. The molecule has 2 aromatic carbocycles. The monoisotopic (exact) mass is 457 g/mol. The summed E-state index contributed by atoms with van der Waals surface area (Å²) in [4.78, 5) is 15.9. The van der Waals surface area contributed by atoms with Crippen molar-refractivity contribution >= 4 is 44.7 Å². The van der Waals surface area contributed by atoms with E-state index < -0.39 is 16.1 Å². The first kappa shape index (κ1) is 23.1. The van der Waals surface area contributed by atoms with Crippen molar-refractivity contribution in [2.75, 3.05) is 18.6 Å². The maximum absolute atomic E-state index is 12.7. The lowest BCUT2D eigenvalue weighted by Gasteiger charge is -2.17. The van der Waals surface area contributed by atoms with Crippen LogP contribution in [0.5, 0.6) is 0 Å². The third kappa shape index (κ3) is 6.99. The molecule has 0 spiro atoms. The molecule has 0 saturated carbocycles. The van der Waals surface area contributed by atoms with Crippen LogP contribution in [-0.2, 0) is 21.2 Å². The van der Waals surface area contributed by atoms with Crippen LogP contribution < -0.4 is 10.0 Å². The van der Waals surface area contributed by atoms with E-state index in [1.54, 1.807) is 11.8 Å². The van der Waals surface area contributed by atoms with Gasteiger partial charge in [-0.25, -0.2) is 8.42 Å². The van der Waals surface area contributed by atoms with Gasteiger partial charge in [-0.2, -0.15) is 16.5 Å². The van der Waals surface area contributed by atoms with Crippen LogP contribution in [0.3, 0.4) is 0 Å². The first-order valence-corrected chi connectivity index (χ1v) is 13.0. The summed E-state index contributed by atoms with van der Waals surface area (Å²) in [6, 6.07) is 16.3. The zero-order chi connectivity index (χ0) is 22.1. The van der Waals surface area contributed by atoms with Gasteiger partial charge >= 0.3 is 0 Å². The Hall–Kier alpha value is -2.55. The third-order valence-electron chi connectivity index (χ3n) is 4.84. The Bertz CT molecular complexity index is 1130. The number of hydrogen-bond donors (Lipinski definition) is 3. The van der Waals surface area contributed by atoms with Gasteiger partial charge in [0.1, 0.15) is 6.04 Å². The molecule has 0 fully saturated rings. The number of nitrogens with one attached hydrogen (secondary N) is 3. The molecule has 1 amide bonds. The van der Waals surface area contributed by atoms with Gasteiger partial charge in [-0.05, 0) is 48.1 Å². The van der Waals surface area contributed by atoms with Gasteiger partial charge in [0.05, 0.1) is 0 Å². The third-order valence-corrected chi connectivity index (χ3v) is 6.59. The van der Waals surface area contributed by atoms with Crippen molar-refractivity contribution in [2.45, 2.75) is 18.9 Å². The van der Waals surface area contributed by atoms with Crippen LogP contribution in [0.25, 0.3) is 17.0 Å². The predicted octanol–water partition coefficient (Wildman–Crippen LogP) is 3.54. The maximum atomic E-state index is 12.7. The van der Waals surface area contributed by atoms with Crippen LogP contribution in [0.4, 0.5) is 0 Å². The average molecular weight is 458 g/mol. The normalized spacial score (nSPS) is 12.9. The van der Waals surface area contributed by atoms with Crippen molar-refractivity contribution in [3.05, 3.63) is 77.3 Å². The molecule has 0 aliphatic heterocycles. The van der Waals surface area contributed by atoms with Crippen LogP contribution in [0.2, 0.25) is 0 Å². The Balaban J connectivity index is 1.59. The van der Waals surface area contributed by atoms with Gasteiger partial charge in [0, 0.05) is 29.1 Å². The summed E-state index contributed by atoms with van der Waals surface area (Å²) in [6.07, 6.45) is 6.46. The number of H-pyrrole nitrogens is 1. The molecule has 31 heavy (non-hydrogen) atoms. The van der Waals surface area contributed by atoms with Crippen LogP contribution in [0, 0.1) is 0 Å². The Morgan fingerprint density at radius 1 is 1.13 bits per heavy atom. The molecule has 3 rings (SSSR count). The predicted molar refractivity (Wildman–Crippen MR) is 129 cm³/mol. The average Bonchev–Trinajstić information content (AvgIpc) is 3.19. The van der Waals surface area contributed by atoms with E-state index in [1.807, 2.05) is 67.0 Å². The minimum Gasteiger partial charge on any atom is -0.361 e. The van der Waals surface area contributed by atoms with Gasteiger partial charge in [-0.3, -0.25) is 4.79 Å². The van der Waals surface area contributed by atoms with E-state index >= 15 is 0 Å². The molecule has 0 saturated heterocycles. The number of aromatic nitrogens is 1. The van der Waals surface area contributed by atoms with Crippen molar-refractivity contribution in [1.29, 1.82) is 0 Å². The molecule has 3 N–H and O–H groups in total. The molecule has 164 valence electrons. The molecular formula is C23H27N3O3S2. The SMILES string of the molecule is CSCCC(NS(=O)(=O)/C=C/c1ccccc1)C(=O)NCCc1c[nH]c2ccccc12. The zero-order valence-corrected chi connectivity index (χ0v) is 19.0. The van der Waals surface area contributed by atoms with Crippen LogP contribution >= 0.6 is 11.8 Å². The lowest BCUT2D eigenvalue weighted by Crippen LogP contribution is -2.46. The summed E-state index contributed by atoms with van der Waals surface area (Å²) in [6.45, 7) is 0.429. The molecule has 1 unspecified atom stereocenters. The molecule has 0 radical (unpaired) electrons. The number of fused-ring (bicyclic) bond motifs is 1. The highest BCUT2D eigenvalue weighted by atomic mass is 32.2. The molecule has 1 aromatic heterocycles. The Kier molecular flexibility index (Phi) is 8.34. The number of thioether (sulfide) groups is 1. The highest BCUT2D eigenvalue weighted by Gasteiger charge is 2.22. The van der Waals surface area contributed by atoms with Crippen molar-refractivity contribution in [1.82, 2.24) is 15.0 Å². The number of amides is 1. The number of carbonyl (C=O) groups excluding carboxylic acids is 1. The summed E-state index contributed by atoms with van der Waals surface area (Å²) in [7, 11) is -3.76. The van der Waals surface area contributed by atoms with Crippen molar-refractivity contribution in [3.8, 4) is 0 Å². The summed E-state index contributed by atoms with van der Waals surface area (Å²) in [5.74, 6) is 0.358. The second kappa shape index (κ2) is 11.2. The fourth-order valence-corrected chi connectivity index (χ4v) is 4.74. The van der Waals surface area contributed by atoms with Gasteiger partial charge in [0.15, 0.2) is 0 Å². The van der Waals surface area contributed by atoms with Crippen LogP contribution in [-0.4, -0.2) is 43.9 Å². The van der Waals surface area contributed by atoms with Gasteiger partial charge in [-0.1, -0.05) is 48.5 Å². The smallest absolute Gasteiger partial charge is 0.238 e. The van der Waals surface area contributed by atoms with Gasteiger partial charge in [-0.15, -0.1) is 0 Å². The molecule has 1 heterocycles. The Morgan fingerprint density at radius 3 is 2.65 bits per heavy atom. The van der Waals surface area contributed by atoms with E-state index in [-0.39, 0.29) is 5.91 Å². The summed E-state index contributed by atoms with van der Waals surface area (Å²) < 4.78 is 27.5. The van der Waals surface area contributed by atoms with Crippen molar-refractivity contribution in [3.63, 3.8) is 0 Å². The van der Waals surface area contributed by atoms with E-state index in [9.17, 15) is 13.2 Å². The molecule has 1 atom stereocenters. The topological polar surface area (TPSA) is 91.1 Å². The quantitative estimate of drug-likeness (QED) is 0.411. The Labute approximate surface area is 187 Å². The fraction of sp³-hybridized carbons (Fsp3) is 0.261. The summed E-state index contributed by atoms with van der Waals surface area (Å²) in [5.41, 5.74) is 2.94. The fourth-order valence-electron chi connectivity index (χ4n) is 3.23. The maximum Gasteiger partial charge on any atom is 0.238 e. The van der Waals surface area contributed by atoms with E-state index in [1.165, 1.54) is 6.08 Å². The van der Waals surface area contributed by atoms with Crippen LogP contribution in [0.15, 0.2) is 66.2 Å². The molecular weight excluding hydrogens is 430 g/mol. The number of para-hydroxylation sites is 1. The number of carbonyl (C=O) groups is 1. The number of sulfonamides is 1. The lowest BCUT2D eigenvalue weighted by molar-refractivity contribution is -0.122. The molecule has 6 nitrogen and oxygen atoms in total. The molecule has 0 bridgehead atoms. The Morgan fingerprint density at radius 2 is 1.87 bits per heavy atom. The van der Waals surface area contributed by atoms with E-state index in [2.05, 4.69) is 15.0 Å². The molecule has 3 aromatic rings. The van der Waals surface area contributed by atoms with Crippen LogP contribution in [0.1, 0.15) is 17.5 Å². The van der Waals surface area contributed by atoms with Crippen molar-refractivity contribution < 1.29 is 13.2 Å². The standard InChI is InChI=1S/C23H27N3O3S2/c1-30-15-12-22(26-31(28,29)16-13-18-7-3-2-4-8-18)23(27)24-14-11-19-17-25-21-10-6-5-9-20(19)21/h2-10,13,16-17,22,25-26H,11-12,14-15H2,1H3,(H,24,27)/b16-13+. The van der Waals surface area contributed by atoms with Crippen molar-refractivity contribution in [2.24, 2.45) is 0 Å². The largest absolute Gasteiger partial charge is 0.361 e. The van der Waals surface area contributed by atoms with Gasteiger partial charge in [0.25, 0.3) is 0 Å². The minimum atomic E-state index is -3.76. The first-order valence-electron chi connectivity index (χ1n) is 10.1. The van der Waals surface area contributed by atoms with Gasteiger partial charge < -0.3 is 10.3 Å². The number of aromatic amines is 1. The number of rotatable bonds is 11. The van der Waals surface area contributed by atoms with E-state index in [0.717, 1.165) is 27.4 Å². The highest BCUT2D eigenvalue weighted by Crippen LogP contribution is 2.17. The van der Waals surface area contributed by atoms with Gasteiger partial charge in [0.2, 0.25) is 15.9 Å². The summed E-state index contributed by atoms with van der Waals surface area (Å²) >= 11 is 1.57. The first-order chi connectivity index (χ1) is 15.0. The molecule has 0 aliphatic carbocycles. The van der Waals surface area contributed by atoms with E-state index in [4.69, 9.17) is 0 Å². The van der Waals surface area contributed by atoms with E-state index in [0.29, 0.717) is 25.1 Å². The highest BCUT2D eigenvalue weighted by molar-refractivity contribution is 7.98. The zero-order valence-electron chi connectivity index (χ0n) is 17.4. The molecule has 8 heteroatoms. The number of benzene rings is 2. The lowest BCUT2D eigenvalue weighted by atomic mass is 10.1. The second-order valence-corrected chi connectivity index (χ2v) is 9.69. The second-order valence-electron chi connectivity index (χ2n) is 7.11. The number of hydrogen-bond acceptors (Lipinski definition) is 4. The minimum absolute atomic E-state index is 0.314. The molecule has 0 aliphatic rings.